The van der Waals surface area contributed by atoms with E-state index in [1.165, 1.54) is 25.2 Å². The Morgan fingerprint density at radius 2 is 1.90 bits per heavy atom. The van der Waals surface area contributed by atoms with Gasteiger partial charge in [-0.1, -0.05) is 25.5 Å². The molecule has 8 heteroatoms. The molecule has 0 spiro atoms. The predicted molar refractivity (Wildman–Crippen MR) is 125 cm³/mol. The lowest BCUT2D eigenvalue weighted by Crippen LogP contribution is -2.19. The number of nitrogens with one attached hydrogen (secondary N) is 3. The van der Waals surface area contributed by atoms with Gasteiger partial charge in [0.2, 0.25) is 5.95 Å². The molecule has 0 aliphatic carbocycles. The van der Waals surface area contributed by atoms with Gasteiger partial charge in [-0.15, -0.1) is 11.3 Å². The second kappa shape index (κ2) is 11.3. The maximum atomic E-state index is 12.6. The standard InChI is InChI=1S/C22H28N6OS/c1-2-3-9-24-10-5-11-25-22-26-14-17(15-27-22)21(29)28-19-13-16(7-8-18(19)23)20-6-4-12-30-20/h4,6-8,12-15,24H,2-3,5,9-11,23H2,1H3,(H,28,29)(H,25,26,27). The average molecular weight is 425 g/mol. The monoisotopic (exact) mass is 424 g/mol. The second-order valence-corrected chi connectivity index (χ2v) is 7.86. The van der Waals surface area contributed by atoms with Crippen molar-refractivity contribution < 1.29 is 4.79 Å². The van der Waals surface area contributed by atoms with Gasteiger partial charge in [-0.3, -0.25) is 4.79 Å². The van der Waals surface area contributed by atoms with Crippen LogP contribution in [0.4, 0.5) is 17.3 Å². The van der Waals surface area contributed by atoms with Gasteiger partial charge in [-0.25, -0.2) is 9.97 Å². The first-order valence-corrected chi connectivity index (χ1v) is 11.1. The lowest BCUT2D eigenvalue weighted by atomic mass is 10.1. The van der Waals surface area contributed by atoms with Crippen molar-refractivity contribution >= 4 is 34.6 Å². The highest BCUT2D eigenvalue weighted by atomic mass is 32.1. The molecule has 0 atom stereocenters. The number of rotatable bonds is 11. The second-order valence-electron chi connectivity index (χ2n) is 6.91. The van der Waals surface area contributed by atoms with E-state index < -0.39 is 0 Å². The predicted octanol–water partition coefficient (Wildman–Crippen LogP) is 4.23. The van der Waals surface area contributed by atoms with E-state index in [0.29, 0.717) is 22.9 Å². The molecule has 0 unspecified atom stereocenters. The molecule has 0 bridgehead atoms. The third-order valence-corrected chi connectivity index (χ3v) is 5.46. The Labute approximate surface area is 181 Å². The normalized spacial score (nSPS) is 10.7. The van der Waals surface area contributed by atoms with E-state index in [2.05, 4.69) is 32.8 Å². The van der Waals surface area contributed by atoms with E-state index in [1.807, 2.05) is 29.6 Å². The van der Waals surface area contributed by atoms with Crippen molar-refractivity contribution in [3.05, 3.63) is 53.7 Å². The molecule has 30 heavy (non-hydrogen) atoms. The van der Waals surface area contributed by atoms with Crippen molar-refractivity contribution in [3.63, 3.8) is 0 Å². The fourth-order valence-electron chi connectivity index (χ4n) is 2.83. The van der Waals surface area contributed by atoms with Crippen molar-refractivity contribution in [1.29, 1.82) is 0 Å². The molecule has 0 saturated carbocycles. The molecule has 1 amide bonds. The number of hydrogen-bond acceptors (Lipinski definition) is 7. The molecule has 0 aliphatic heterocycles. The molecule has 5 N–H and O–H groups in total. The number of anilines is 3. The minimum atomic E-state index is -0.295. The minimum Gasteiger partial charge on any atom is -0.397 e. The van der Waals surface area contributed by atoms with E-state index in [9.17, 15) is 4.79 Å². The third-order valence-electron chi connectivity index (χ3n) is 4.54. The summed E-state index contributed by atoms with van der Waals surface area (Å²) < 4.78 is 0. The summed E-state index contributed by atoms with van der Waals surface area (Å²) in [6.07, 6.45) is 6.41. The molecular weight excluding hydrogens is 396 g/mol. The van der Waals surface area contributed by atoms with Crippen LogP contribution in [0.25, 0.3) is 10.4 Å². The van der Waals surface area contributed by atoms with Gasteiger partial charge in [-0.2, -0.15) is 0 Å². The number of nitrogens with zero attached hydrogens (tertiary/aromatic N) is 2. The molecule has 0 aliphatic rings. The number of hydrogen-bond donors (Lipinski definition) is 4. The van der Waals surface area contributed by atoms with E-state index in [-0.39, 0.29) is 5.91 Å². The number of carbonyl (C=O) groups is 1. The van der Waals surface area contributed by atoms with Crippen LogP contribution in [-0.2, 0) is 0 Å². The van der Waals surface area contributed by atoms with Gasteiger partial charge >= 0.3 is 0 Å². The van der Waals surface area contributed by atoms with Crippen LogP contribution in [0.1, 0.15) is 36.5 Å². The number of nitrogens with two attached hydrogens (primary N) is 1. The van der Waals surface area contributed by atoms with Gasteiger partial charge in [0.05, 0.1) is 16.9 Å². The summed E-state index contributed by atoms with van der Waals surface area (Å²) in [6, 6.07) is 9.64. The quantitative estimate of drug-likeness (QED) is 0.271. The van der Waals surface area contributed by atoms with E-state index >= 15 is 0 Å². The van der Waals surface area contributed by atoms with Crippen LogP contribution in [0.2, 0.25) is 0 Å². The summed E-state index contributed by atoms with van der Waals surface area (Å²) >= 11 is 1.64. The fraction of sp³-hybridized carbons (Fsp3) is 0.318. The topological polar surface area (TPSA) is 105 Å². The number of amides is 1. The Morgan fingerprint density at radius 1 is 1.10 bits per heavy atom. The van der Waals surface area contributed by atoms with Crippen molar-refractivity contribution in [2.45, 2.75) is 26.2 Å². The molecule has 3 rings (SSSR count). The first kappa shape index (κ1) is 21.7. The summed E-state index contributed by atoms with van der Waals surface area (Å²) in [7, 11) is 0. The Kier molecular flexibility index (Phi) is 8.17. The molecule has 1 aromatic carbocycles. The van der Waals surface area contributed by atoms with E-state index in [0.717, 1.165) is 36.5 Å². The zero-order valence-electron chi connectivity index (χ0n) is 17.1. The molecular formula is C22H28N6OS. The lowest BCUT2D eigenvalue weighted by molar-refractivity contribution is 0.102. The molecule has 3 aromatic rings. The van der Waals surface area contributed by atoms with Crippen LogP contribution in [0.15, 0.2) is 48.1 Å². The summed E-state index contributed by atoms with van der Waals surface area (Å²) in [4.78, 5) is 22.2. The van der Waals surface area contributed by atoms with Gasteiger partial charge in [0, 0.05) is 23.8 Å². The van der Waals surface area contributed by atoms with Gasteiger partial charge in [0.1, 0.15) is 0 Å². The van der Waals surface area contributed by atoms with Gasteiger partial charge in [0.15, 0.2) is 0 Å². The number of nitrogen functional groups attached to an aromatic ring is 1. The third kappa shape index (κ3) is 6.27. The molecule has 2 aromatic heterocycles. The molecule has 7 nitrogen and oxygen atoms in total. The number of unbranched alkanes of at least 4 members (excludes halogenated alkanes) is 1. The Balaban J connectivity index is 1.52. The van der Waals surface area contributed by atoms with Crippen molar-refractivity contribution in [1.82, 2.24) is 15.3 Å². The number of thiophene rings is 1. The molecule has 158 valence electrons. The first-order valence-electron chi connectivity index (χ1n) is 10.2. The van der Waals surface area contributed by atoms with Crippen LogP contribution in [0, 0.1) is 0 Å². The lowest BCUT2D eigenvalue weighted by Gasteiger charge is -2.10. The van der Waals surface area contributed by atoms with E-state index in [4.69, 9.17) is 5.73 Å². The molecule has 2 heterocycles. The Morgan fingerprint density at radius 3 is 2.63 bits per heavy atom. The van der Waals surface area contributed by atoms with Crippen LogP contribution in [-0.4, -0.2) is 35.5 Å². The number of aromatic nitrogens is 2. The molecule has 0 fully saturated rings. The molecule has 0 saturated heterocycles. The number of benzene rings is 1. The Bertz CT molecular complexity index is 927. The Hall–Kier alpha value is -2.97. The van der Waals surface area contributed by atoms with Gasteiger partial charge in [0.25, 0.3) is 5.91 Å². The number of carbonyl (C=O) groups excluding carboxylic acids is 1. The fourth-order valence-corrected chi connectivity index (χ4v) is 3.56. The summed E-state index contributed by atoms with van der Waals surface area (Å²) in [5.41, 5.74) is 8.51. The van der Waals surface area contributed by atoms with E-state index in [1.54, 1.807) is 17.4 Å². The zero-order valence-corrected chi connectivity index (χ0v) is 18.0. The van der Waals surface area contributed by atoms with Crippen LogP contribution >= 0.6 is 11.3 Å². The van der Waals surface area contributed by atoms with Gasteiger partial charge < -0.3 is 21.7 Å². The van der Waals surface area contributed by atoms with Crippen LogP contribution in [0.5, 0.6) is 0 Å². The van der Waals surface area contributed by atoms with Crippen LogP contribution in [0.3, 0.4) is 0 Å². The maximum absolute atomic E-state index is 12.6. The minimum absolute atomic E-state index is 0.295. The average Bonchev–Trinajstić information content (AvgIpc) is 3.30. The van der Waals surface area contributed by atoms with Crippen molar-refractivity contribution in [3.8, 4) is 10.4 Å². The summed E-state index contributed by atoms with van der Waals surface area (Å²) in [5, 5.41) is 11.4. The zero-order chi connectivity index (χ0) is 21.2. The highest BCUT2D eigenvalue weighted by Crippen LogP contribution is 2.30. The van der Waals surface area contributed by atoms with Gasteiger partial charge in [-0.05, 0) is 55.1 Å². The first-order chi connectivity index (χ1) is 14.7. The largest absolute Gasteiger partial charge is 0.397 e. The SMILES string of the molecule is CCCCNCCCNc1ncc(C(=O)Nc2cc(-c3cccs3)ccc2N)cn1. The smallest absolute Gasteiger partial charge is 0.258 e. The maximum Gasteiger partial charge on any atom is 0.258 e. The highest BCUT2D eigenvalue weighted by Gasteiger charge is 2.11. The van der Waals surface area contributed by atoms with Crippen molar-refractivity contribution in [2.75, 3.05) is 36.0 Å². The molecule has 0 radical (unpaired) electrons. The van der Waals surface area contributed by atoms with Crippen molar-refractivity contribution in [2.24, 2.45) is 0 Å². The summed E-state index contributed by atoms with van der Waals surface area (Å²) in [5.74, 6) is 0.219. The summed E-state index contributed by atoms with van der Waals surface area (Å²) in [6.45, 7) is 4.97. The highest BCUT2D eigenvalue weighted by molar-refractivity contribution is 7.13. The van der Waals surface area contributed by atoms with Crippen LogP contribution < -0.4 is 21.7 Å².